The van der Waals surface area contributed by atoms with Gasteiger partial charge in [0.15, 0.2) is 0 Å². The molecule has 25 heavy (non-hydrogen) atoms. The number of aromatic hydroxyl groups is 1. The Kier molecular flexibility index (Phi) is 3.72. The van der Waals surface area contributed by atoms with Crippen LogP contribution in [0.2, 0.25) is 0 Å². The molecule has 3 N–H and O–H groups in total. The smallest absolute Gasteiger partial charge is 0.255 e. The van der Waals surface area contributed by atoms with E-state index in [1.54, 1.807) is 30.3 Å². The zero-order valence-corrected chi connectivity index (χ0v) is 13.3. The van der Waals surface area contributed by atoms with Gasteiger partial charge < -0.3 is 10.4 Å². The van der Waals surface area contributed by atoms with E-state index in [-0.39, 0.29) is 17.7 Å². The van der Waals surface area contributed by atoms with Crippen LogP contribution in [0.4, 0.5) is 4.39 Å². The number of aromatic nitrogens is 2. The van der Waals surface area contributed by atoms with E-state index >= 15 is 0 Å². The SMILES string of the molecule is O=C(NC1CCc2ccc(O)cc21)c1cn[nH]c1-c1ccccc1F. The minimum atomic E-state index is -0.420. The van der Waals surface area contributed by atoms with Crippen molar-refractivity contribution in [2.24, 2.45) is 0 Å². The zero-order chi connectivity index (χ0) is 17.4. The first-order chi connectivity index (χ1) is 12.1. The molecule has 1 aliphatic carbocycles. The topological polar surface area (TPSA) is 78.0 Å². The van der Waals surface area contributed by atoms with Crippen LogP contribution in [0, 0.1) is 5.82 Å². The summed E-state index contributed by atoms with van der Waals surface area (Å²) in [4.78, 5) is 12.7. The van der Waals surface area contributed by atoms with Crippen molar-refractivity contribution in [2.75, 3.05) is 0 Å². The van der Waals surface area contributed by atoms with E-state index in [1.807, 2.05) is 6.07 Å². The molecule has 3 aromatic rings. The Hall–Kier alpha value is -3.15. The lowest BCUT2D eigenvalue weighted by Crippen LogP contribution is -2.27. The average Bonchev–Trinajstić information content (AvgIpc) is 3.23. The molecule has 0 bridgehead atoms. The van der Waals surface area contributed by atoms with Gasteiger partial charge in [0.05, 0.1) is 23.5 Å². The van der Waals surface area contributed by atoms with Crippen LogP contribution in [0.5, 0.6) is 5.75 Å². The number of fused-ring (bicyclic) bond motifs is 1. The van der Waals surface area contributed by atoms with Gasteiger partial charge in [-0.3, -0.25) is 9.89 Å². The summed E-state index contributed by atoms with van der Waals surface area (Å²) in [6.45, 7) is 0. The molecule has 6 heteroatoms. The fraction of sp³-hybridized carbons (Fsp3) is 0.158. The number of nitrogens with zero attached hydrogens (tertiary/aromatic N) is 1. The van der Waals surface area contributed by atoms with Crippen LogP contribution < -0.4 is 5.32 Å². The third-order valence-electron chi connectivity index (χ3n) is 4.54. The largest absolute Gasteiger partial charge is 0.508 e. The van der Waals surface area contributed by atoms with Gasteiger partial charge in [0.1, 0.15) is 11.6 Å². The van der Waals surface area contributed by atoms with Gasteiger partial charge in [-0.25, -0.2) is 4.39 Å². The minimum Gasteiger partial charge on any atom is -0.508 e. The number of aromatic amines is 1. The molecule has 1 heterocycles. The summed E-state index contributed by atoms with van der Waals surface area (Å²) >= 11 is 0. The molecule has 0 aliphatic heterocycles. The van der Waals surface area contributed by atoms with Crippen molar-refractivity contribution in [3.8, 4) is 17.0 Å². The molecule has 0 radical (unpaired) electrons. The number of nitrogens with one attached hydrogen (secondary N) is 2. The van der Waals surface area contributed by atoms with Crippen LogP contribution in [0.15, 0.2) is 48.7 Å². The fourth-order valence-corrected chi connectivity index (χ4v) is 3.30. The van der Waals surface area contributed by atoms with Gasteiger partial charge in [-0.1, -0.05) is 18.2 Å². The minimum absolute atomic E-state index is 0.176. The molecule has 1 amide bonds. The molecule has 0 spiro atoms. The molecule has 1 aromatic heterocycles. The number of hydrogen-bond donors (Lipinski definition) is 3. The van der Waals surface area contributed by atoms with Crippen molar-refractivity contribution >= 4 is 5.91 Å². The Balaban J connectivity index is 1.61. The van der Waals surface area contributed by atoms with Crippen LogP contribution in [0.3, 0.4) is 0 Å². The number of amides is 1. The maximum atomic E-state index is 14.0. The Labute approximate surface area is 143 Å². The highest BCUT2D eigenvalue weighted by molar-refractivity contribution is 6.00. The Morgan fingerprint density at radius 2 is 2.12 bits per heavy atom. The highest BCUT2D eigenvalue weighted by atomic mass is 19.1. The zero-order valence-electron chi connectivity index (χ0n) is 13.3. The van der Waals surface area contributed by atoms with Gasteiger partial charge in [-0.05, 0) is 48.2 Å². The molecule has 0 saturated carbocycles. The van der Waals surface area contributed by atoms with Crippen LogP contribution in [-0.2, 0) is 6.42 Å². The number of carbonyl (C=O) groups is 1. The summed E-state index contributed by atoms with van der Waals surface area (Å²) in [5.74, 6) is -0.569. The molecular weight excluding hydrogens is 321 g/mol. The van der Waals surface area contributed by atoms with E-state index in [4.69, 9.17) is 0 Å². The van der Waals surface area contributed by atoms with Crippen molar-refractivity contribution in [3.05, 3.63) is 71.2 Å². The predicted octanol–water partition coefficient (Wildman–Crippen LogP) is 3.34. The van der Waals surface area contributed by atoms with Crippen LogP contribution in [-0.4, -0.2) is 21.2 Å². The molecule has 0 fully saturated rings. The fourth-order valence-electron chi connectivity index (χ4n) is 3.30. The standard InChI is InChI=1S/C19H16FN3O2/c20-16-4-2-1-3-13(16)18-15(10-21-23-18)19(25)22-17-8-6-11-5-7-12(24)9-14(11)17/h1-5,7,9-10,17,24H,6,8H2,(H,21,23)(H,22,25). The molecule has 1 unspecified atom stereocenters. The summed E-state index contributed by atoms with van der Waals surface area (Å²) < 4.78 is 14.0. The molecule has 4 rings (SSSR count). The summed E-state index contributed by atoms with van der Waals surface area (Å²) in [6, 6.07) is 11.3. The third kappa shape index (κ3) is 2.76. The number of hydrogen-bond acceptors (Lipinski definition) is 3. The van der Waals surface area contributed by atoms with Crippen molar-refractivity contribution < 1.29 is 14.3 Å². The van der Waals surface area contributed by atoms with Crippen LogP contribution in [0.1, 0.15) is 33.9 Å². The number of rotatable bonds is 3. The molecule has 1 aliphatic rings. The van der Waals surface area contributed by atoms with E-state index in [0.717, 1.165) is 24.0 Å². The lowest BCUT2D eigenvalue weighted by Gasteiger charge is -2.14. The molecule has 1 atom stereocenters. The van der Waals surface area contributed by atoms with Crippen molar-refractivity contribution in [2.45, 2.75) is 18.9 Å². The number of phenolic OH excluding ortho intramolecular Hbond substituents is 1. The Bertz CT molecular complexity index is 951. The second kappa shape index (κ2) is 6.05. The van der Waals surface area contributed by atoms with Gasteiger partial charge in [0.25, 0.3) is 5.91 Å². The lowest BCUT2D eigenvalue weighted by molar-refractivity contribution is 0.0937. The van der Waals surface area contributed by atoms with Crippen molar-refractivity contribution in [1.82, 2.24) is 15.5 Å². The summed E-state index contributed by atoms with van der Waals surface area (Å²) in [7, 11) is 0. The molecule has 2 aromatic carbocycles. The van der Waals surface area contributed by atoms with Gasteiger partial charge in [0.2, 0.25) is 0 Å². The van der Waals surface area contributed by atoms with Crippen LogP contribution >= 0.6 is 0 Å². The summed E-state index contributed by atoms with van der Waals surface area (Å²) in [5, 5.41) is 19.3. The monoisotopic (exact) mass is 337 g/mol. The van der Waals surface area contributed by atoms with E-state index < -0.39 is 5.82 Å². The maximum Gasteiger partial charge on any atom is 0.255 e. The number of benzene rings is 2. The number of phenols is 1. The van der Waals surface area contributed by atoms with E-state index in [0.29, 0.717) is 16.8 Å². The summed E-state index contributed by atoms with van der Waals surface area (Å²) in [6.07, 6.45) is 3.00. The van der Waals surface area contributed by atoms with Crippen molar-refractivity contribution in [3.63, 3.8) is 0 Å². The normalized spacial score (nSPS) is 15.8. The molecular formula is C19H16FN3O2. The number of halogens is 1. The Morgan fingerprint density at radius 1 is 1.28 bits per heavy atom. The average molecular weight is 337 g/mol. The first-order valence-corrected chi connectivity index (χ1v) is 8.04. The van der Waals surface area contributed by atoms with E-state index in [9.17, 15) is 14.3 Å². The first kappa shape index (κ1) is 15.4. The second-order valence-corrected chi connectivity index (χ2v) is 6.09. The number of H-pyrrole nitrogens is 1. The summed E-state index contributed by atoms with van der Waals surface area (Å²) in [5.41, 5.74) is 2.98. The van der Waals surface area contributed by atoms with E-state index in [1.165, 1.54) is 12.3 Å². The van der Waals surface area contributed by atoms with Crippen LogP contribution in [0.25, 0.3) is 11.3 Å². The highest BCUT2D eigenvalue weighted by Crippen LogP contribution is 2.34. The molecule has 5 nitrogen and oxygen atoms in total. The van der Waals surface area contributed by atoms with Gasteiger partial charge >= 0.3 is 0 Å². The Morgan fingerprint density at radius 3 is 2.96 bits per heavy atom. The number of aryl methyl sites for hydroxylation is 1. The van der Waals surface area contributed by atoms with Gasteiger partial charge in [-0.15, -0.1) is 0 Å². The second-order valence-electron chi connectivity index (χ2n) is 6.09. The predicted molar refractivity (Wildman–Crippen MR) is 90.6 cm³/mol. The highest BCUT2D eigenvalue weighted by Gasteiger charge is 2.26. The third-order valence-corrected chi connectivity index (χ3v) is 4.54. The first-order valence-electron chi connectivity index (χ1n) is 8.04. The van der Waals surface area contributed by atoms with Gasteiger partial charge in [-0.2, -0.15) is 5.10 Å². The van der Waals surface area contributed by atoms with Gasteiger partial charge in [0, 0.05) is 5.56 Å². The maximum absolute atomic E-state index is 14.0. The lowest BCUT2D eigenvalue weighted by atomic mass is 10.1. The quantitative estimate of drug-likeness (QED) is 0.686. The number of carbonyl (C=O) groups excluding carboxylic acids is 1. The van der Waals surface area contributed by atoms with Crippen molar-refractivity contribution in [1.29, 1.82) is 0 Å². The molecule has 0 saturated heterocycles. The van der Waals surface area contributed by atoms with E-state index in [2.05, 4.69) is 15.5 Å². The molecule has 126 valence electrons.